The first-order valence-electron chi connectivity index (χ1n) is 7.83. The van der Waals surface area contributed by atoms with E-state index in [9.17, 15) is 9.90 Å². The van der Waals surface area contributed by atoms with E-state index >= 15 is 0 Å². The van der Waals surface area contributed by atoms with E-state index in [2.05, 4.69) is 15.0 Å². The highest BCUT2D eigenvalue weighted by Gasteiger charge is 2.11. The normalized spacial score (nSPS) is 10.5. The number of carbonyl (C=O) groups is 1. The number of aromatic carboxylic acids is 1. The lowest BCUT2D eigenvalue weighted by atomic mass is 10.0. The van der Waals surface area contributed by atoms with Crippen LogP contribution in [0.4, 0.5) is 5.82 Å². The topological polar surface area (TPSA) is 79.2 Å². The van der Waals surface area contributed by atoms with Gasteiger partial charge in [0.1, 0.15) is 11.6 Å². The van der Waals surface area contributed by atoms with Gasteiger partial charge >= 0.3 is 5.97 Å². The quantitative estimate of drug-likeness (QED) is 0.772. The maximum absolute atomic E-state index is 11.4. The van der Waals surface area contributed by atoms with Crippen LogP contribution < -0.4 is 4.90 Å². The highest BCUT2D eigenvalue weighted by molar-refractivity contribution is 5.95. The molecule has 3 aromatic rings. The third-order valence-corrected chi connectivity index (χ3v) is 3.84. The van der Waals surface area contributed by atoms with Crippen molar-refractivity contribution in [1.82, 2.24) is 15.0 Å². The molecule has 25 heavy (non-hydrogen) atoms. The number of aryl methyl sites for hydroxylation is 1. The van der Waals surface area contributed by atoms with Gasteiger partial charge in [-0.1, -0.05) is 24.3 Å². The summed E-state index contributed by atoms with van der Waals surface area (Å²) in [6.07, 6.45) is 3.43. The monoisotopic (exact) mass is 334 g/mol. The molecule has 1 aromatic carbocycles. The first-order chi connectivity index (χ1) is 12.0. The molecule has 3 rings (SSSR count). The van der Waals surface area contributed by atoms with Crippen LogP contribution in [0.15, 0.2) is 54.9 Å². The lowest BCUT2D eigenvalue weighted by Crippen LogP contribution is -2.18. The fourth-order valence-corrected chi connectivity index (χ4v) is 2.58. The van der Waals surface area contributed by atoms with Crippen LogP contribution in [-0.4, -0.2) is 33.1 Å². The van der Waals surface area contributed by atoms with E-state index in [0.717, 1.165) is 22.9 Å². The average molecular weight is 334 g/mol. The number of aromatic nitrogens is 3. The zero-order valence-electron chi connectivity index (χ0n) is 14.0. The van der Waals surface area contributed by atoms with Gasteiger partial charge in [0.15, 0.2) is 0 Å². The van der Waals surface area contributed by atoms with E-state index in [0.29, 0.717) is 12.1 Å². The summed E-state index contributed by atoms with van der Waals surface area (Å²) in [7, 11) is 1.94. The molecule has 0 fully saturated rings. The summed E-state index contributed by atoms with van der Waals surface area (Å²) < 4.78 is 0. The minimum absolute atomic E-state index is 0.269. The van der Waals surface area contributed by atoms with Crippen molar-refractivity contribution < 1.29 is 9.90 Å². The highest BCUT2D eigenvalue weighted by Crippen LogP contribution is 2.23. The standard InChI is InChI=1S/C19H18N4O2/c1-13-20-10-9-18(22-13)23(2)12-15-8-7-14(11-21-15)16-5-3-4-6-17(16)19(24)25/h3-11H,12H2,1-2H3,(H,24,25). The molecule has 0 saturated heterocycles. The molecule has 2 aromatic heterocycles. The van der Waals surface area contributed by atoms with Gasteiger partial charge in [-0.15, -0.1) is 0 Å². The maximum atomic E-state index is 11.4. The van der Waals surface area contributed by atoms with Crippen LogP contribution >= 0.6 is 0 Å². The number of nitrogens with zero attached hydrogens (tertiary/aromatic N) is 4. The number of pyridine rings is 1. The molecule has 1 N–H and O–H groups in total. The Kier molecular flexibility index (Phi) is 4.70. The van der Waals surface area contributed by atoms with Gasteiger partial charge in [0.25, 0.3) is 0 Å². The Morgan fingerprint density at radius 1 is 1.12 bits per heavy atom. The molecule has 126 valence electrons. The molecule has 0 bridgehead atoms. The number of carboxylic acid groups (broad SMARTS) is 1. The molecule has 0 aliphatic heterocycles. The van der Waals surface area contributed by atoms with Crippen LogP contribution in [0.25, 0.3) is 11.1 Å². The van der Waals surface area contributed by atoms with E-state index in [1.807, 2.05) is 43.1 Å². The molecule has 0 spiro atoms. The summed E-state index contributed by atoms with van der Waals surface area (Å²) in [6.45, 7) is 2.45. The molecule has 0 atom stereocenters. The van der Waals surface area contributed by atoms with Gasteiger partial charge in [0, 0.05) is 25.0 Å². The summed E-state index contributed by atoms with van der Waals surface area (Å²) in [4.78, 5) is 26.3. The van der Waals surface area contributed by atoms with E-state index in [4.69, 9.17) is 0 Å². The van der Waals surface area contributed by atoms with E-state index in [1.165, 1.54) is 0 Å². The Bertz CT molecular complexity index is 894. The van der Waals surface area contributed by atoms with Crippen molar-refractivity contribution in [1.29, 1.82) is 0 Å². The van der Waals surface area contributed by atoms with Crippen LogP contribution in [0.1, 0.15) is 21.9 Å². The van der Waals surface area contributed by atoms with Crippen LogP contribution in [0.2, 0.25) is 0 Å². The van der Waals surface area contributed by atoms with Gasteiger partial charge in [0.05, 0.1) is 17.8 Å². The maximum Gasteiger partial charge on any atom is 0.336 e. The lowest BCUT2D eigenvalue weighted by molar-refractivity contribution is 0.0697. The fourth-order valence-electron chi connectivity index (χ4n) is 2.58. The van der Waals surface area contributed by atoms with E-state index in [-0.39, 0.29) is 5.56 Å². The van der Waals surface area contributed by atoms with Gasteiger partial charge in [-0.25, -0.2) is 14.8 Å². The zero-order chi connectivity index (χ0) is 17.8. The fraction of sp³-hybridized carbons (Fsp3) is 0.158. The van der Waals surface area contributed by atoms with E-state index < -0.39 is 5.97 Å². The Balaban J connectivity index is 1.80. The van der Waals surface area contributed by atoms with Crippen molar-refractivity contribution in [3.8, 4) is 11.1 Å². The molecule has 6 heteroatoms. The first kappa shape index (κ1) is 16.6. The summed E-state index contributed by atoms with van der Waals surface area (Å²) in [5, 5.41) is 9.31. The third kappa shape index (κ3) is 3.80. The molecule has 0 radical (unpaired) electrons. The molecular formula is C19H18N4O2. The minimum atomic E-state index is -0.946. The van der Waals surface area contributed by atoms with Crippen molar-refractivity contribution in [3.63, 3.8) is 0 Å². The van der Waals surface area contributed by atoms with Gasteiger partial charge in [-0.2, -0.15) is 0 Å². The van der Waals surface area contributed by atoms with Crippen LogP contribution in [0, 0.1) is 6.92 Å². The Hall–Kier alpha value is -3.28. The SMILES string of the molecule is Cc1nccc(N(C)Cc2ccc(-c3ccccc3C(=O)O)cn2)n1. The Labute approximate surface area is 145 Å². The van der Waals surface area contributed by atoms with Crippen molar-refractivity contribution >= 4 is 11.8 Å². The van der Waals surface area contributed by atoms with Gasteiger partial charge in [0.2, 0.25) is 0 Å². The van der Waals surface area contributed by atoms with Crippen molar-refractivity contribution in [2.24, 2.45) is 0 Å². The molecule has 0 saturated carbocycles. The first-order valence-corrected chi connectivity index (χ1v) is 7.83. The number of carboxylic acids is 1. The van der Waals surface area contributed by atoms with Gasteiger partial charge in [-0.05, 0) is 30.7 Å². The summed E-state index contributed by atoms with van der Waals surface area (Å²) >= 11 is 0. The second-order valence-electron chi connectivity index (χ2n) is 5.71. The Morgan fingerprint density at radius 2 is 1.92 bits per heavy atom. The van der Waals surface area contributed by atoms with Crippen molar-refractivity contribution in [2.45, 2.75) is 13.5 Å². The van der Waals surface area contributed by atoms with Gasteiger partial charge < -0.3 is 10.0 Å². The van der Waals surface area contributed by atoms with Gasteiger partial charge in [-0.3, -0.25) is 4.98 Å². The van der Waals surface area contributed by atoms with Crippen LogP contribution in [0.5, 0.6) is 0 Å². The number of benzene rings is 1. The second-order valence-corrected chi connectivity index (χ2v) is 5.71. The molecular weight excluding hydrogens is 316 g/mol. The van der Waals surface area contributed by atoms with Crippen LogP contribution in [0.3, 0.4) is 0 Å². The molecule has 0 amide bonds. The smallest absolute Gasteiger partial charge is 0.336 e. The molecule has 0 aliphatic carbocycles. The third-order valence-electron chi connectivity index (χ3n) is 3.84. The molecule has 6 nitrogen and oxygen atoms in total. The lowest BCUT2D eigenvalue weighted by Gasteiger charge is -2.18. The van der Waals surface area contributed by atoms with Crippen molar-refractivity contribution in [2.75, 3.05) is 11.9 Å². The van der Waals surface area contributed by atoms with Crippen molar-refractivity contribution in [3.05, 3.63) is 71.9 Å². The highest BCUT2D eigenvalue weighted by atomic mass is 16.4. The number of anilines is 1. The molecule has 2 heterocycles. The Morgan fingerprint density at radius 3 is 2.60 bits per heavy atom. The average Bonchev–Trinajstić information content (AvgIpc) is 2.62. The summed E-state index contributed by atoms with van der Waals surface area (Å²) in [6, 6.07) is 12.6. The predicted molar refractivity (Wildman–Crippen MR) is 95.5 cm³/mol. The number of rotatable bonds is 5. The molecule has 0 aliphatic rings. The number of hydrogen-bond acceptors (Lipinski definition) is 5. The largest absolute Gasteiger partial charge is 0.478 e. The molecule has 0 unspecified atom stereocenters. The zero-order valence-corrected chi connectivity index (χ0v) is 14.0. The minimum Gasteiger partial charge on any atom is -0.478 e. The van der Waals surface area contributed by atoms with E-state index in [1.54, 1.807) is 30.6 Å². The second kappa shape index (κ2) is 7.09. The number of hydrogen-bond donors (Lipinski definition) is 1. The van der Waals surface area contributed by atoms with Crippen LogP contribution in [-0.2, 0) is 6.54 Å². The predicted octanol–water partition coefficient (Wildman–Crippen LogP) is 3.18. The summed E-state index contributed by atoms with van der Waals surface area (Å²) in [5.41, 5.74) is 2.58. The summed E-state index contributed by atoms with van der Waals surface area (Å²) in [5.74, 6) is 0.603.